The van der Waals surface area contributed by atoms with Crippen molar-refractivity contribution in [1.29, 1.82) is 0 Å². The lowest BCUT2D eigenvalue weighted by atomic mass is 10.1. The molecule has 6 nitrogen and oxygen atoms in total. The summed E-state index contributed by atoms with van der Waals surface area (Å²) in [6.07, 6.45) is 1.75. The van der Waals surface area contributed by atoms with Crippen molar-refractivity contribution in [3.8, 4) is 0 Å². The monoisotopic (exact) mass is 324 g/mol. The van der Waals surface area contributed by atoms with E-state index >= 15 is 0 Å². The van der Waals surface area contributed by atoms with Crippen molar-refractivity contribution in [3.05, 3.63) is 22.4 Å². The number of nitrogens with zero attached hydrogens (tertiary/aromatic N) is 1. The molecule has 1 aliphatic heterocycles. The lowest BCUT2D eigenvalue weighted by Gasteiger charge is -2.32. The van der Waals surface area contributed by atoms with Crippen LogP contribution in [0.25, 0.3) is 0 Å². The molecule has 0 saturated carbocycles. The Morgan fingerprint density at radius 2 is 2.14 bits per heavy atom. The number of likely N-dealkylation sites (tertiary alicyclic amines) is 1. The molecule has 22 heavy (non-hydrogen) atoms. The normalized spacial score (nSPS) is 17.7. The zero-order chi connectivity index (χ0) is 15.9. The van der Waals surface area contributed by atoms with E-state index < -0.39 is 0 Å². The van der Waals surface area contributed by atoms with Crippen LogP contribution in [0.15, 0.2) is 17.5 Å². The fraction of sp³-hybridized carbons (Fsp3) is 0.600. The van der Waals surface area contributed by atoms with Crippen LogP contribution in [0.1, 0.15) is 30.7 Å². The number of carbonyl (C=O) groups is 2. The smallest absolute Gasteiger partial charge is 0.315 e. The van der Waals surface area contributed by atoms with Crippen molar-refractivity contribution < 1.29 is 9.59 Å². The summed E-state index contributed by atoms with van der Waals surface area (Å²) in [6.45, 7) is 4.08. The number of piperidine rings is 1. The maximum Gasteiger partial charge on any atom is 0.315 e. The summed E-state index contributed by atoms with van der Waals surface area (Å²) in [5.74, 6) is 0.0360. The molecule has 3 amide bonds. The summed E-state index contributed by atoms with van der Waals surface area (Å²) in [7, 11) is 1.65. The van der Waals surface area contributed by atoms with Gasteiger partial charge in [-0.1, -0.05) is 6.07 Å². The maximum atomic E-state index is 12.0. The summed E-state index contributed by atoms with van der Waals surface area (Å²) in [4.78, 5) is 26.6. The van der Waals surface area contributed by atoms with Crippen LogP contribution in [0.2, 0.25) is 0 Å². The number of rotatable bonds is 5. The first-order valence-corrected chi connectivity index (χ1v) is 8.50. The number of nitrogens with one attached hydrogen (secondary N) is 3. The summed E-state index contributed by atoms with van der Waals surface area (Å²) in [5, 5.41) is 10.6. The summed E-state index contributed by atoms with van der Waals surface area (Å²) >= 11 is 1.64. The standard InChI is InChI=1S/C15H24N4O2S/c1-11(13-4-3-9-22-13)17-15(21)18-12-5-7-19(8-6-12)10-14(20)16-2/h3-4,9,11-12H,5-8,10H2,1-2H3,(H,16,20)(H2,17,18,21)/t11-/m1/s1. The van der Waals surface area contributed by atoms with Crippen molar-refractivity contribution in [1.82, 2.24) is 20.9 Å². The molecule has 2 rings (SSSR count). The third kappa shape index (κ3) is 4.99. The highest BCUT2D eigenvalue weighted by Gasteiger charge is 2.22. The maximum absolute atomic E-state index is 12.0. The Bertz CT molecular complexity index is 484. The molecule has 0 spiro atoms. The fourth-order valence-electron chi connectivity index (χ4n) is 2.55. The molecule has 122 valence electrons. The van der Waals surface area contributed by atoms with E-state index in [1.807, 2.05) is 24.4 Å². The third-order valence-corrected chi connectivity index (χ3v) is 4.94. The molecule has 7 heteroatoms. The molecule has 1 atom stereocenters. The van der Waals surface area contributed by atoms with Crippen LogP contribution < -0.4 is 16.0 Å². The second-order valence-electron chi connectivity index (χ2n) is 5.58. The molecule has 0 aliphatic carbocycles. The number of thiophene rings is 1. The van der Waals surface area contributed by atoms with Crippen LogP contribution in [0.3, 0.4) is 0 Å². The Labute approximate surface area is 135 Å². The molecular weight excluding hydrogens is 300 g/mol. The summed E-state index contributed by atoms with van der Waals surface area (Å²) in [5.41, 5.74) is 0. The minimum absolute atomic E-state index is 0.0216. The molecule has 0 bridgehead atoms. The van der Waals surface area contributed by atoms with Gasteiger partial charge in [-0.15, -0.1) is 11.3 Å². The Morgan fingerprint density at radius 3 is 2.73 bits per heavy atom. The molecule has 1 fully saturated rings. The van der Waals surface area contributed by atoms with Gasteiger partial charge in [0, 0.05) is 31.1 Å². The highest BCUT2D eigenvalue weighted by molar-refractivity contribution is 7.10. The van der Waals surface area contributed by atoms with E-state index in [4.69, 9.17) is 0 Å². The van der Waals surface area contributed by atoms with E-state index in [0.717, 1.165) is 30.8 Å². The Hall–Kier alpha value is -1.60. The SMILES string of the molecule is CNC(=O)CN1CCC(NC(=O)N[C@H](C)c2cccs2)CC1. The quantitative estimate of drug-likeness (QED) is 0.765. The molecule has 1 saturated heterocycles. The van der Waals surface area contributed by atoms with Crippen molar-refractivity contribution in [2.75, 3.05) is 26.7 Å². The van der Waals surface area contributed by atoms with Gasteiger partial charge in [0.2, 0.25) is 5.91 Å². The van der Waals surface area contributed by atoms with E-state index in [0.29, 0.717) is 6.54 Å². The van der Waals surface area contributed by atoms with Gasteiger partial charge >= 0.3 is 6.03 Å². The molecule has 1 aromatic rings. The van der Waals surface area contributed by atoms with Crippen LogP contribution in [-0.2, 0) is 4.79 Å². The van der Waals surface area contributed by atoms with Crippen molar-refractivity contribution in [3.63, 3.8) is 0 Å². The topological polar surface area (TPSA) is 73.5 Å². The Morgan fingerprint density at radius 1 is 1.41 bits per heavy atom. The second-order valence-corrected chi connectivity index (χ2v) is 6.56. The van der Waals surface area contributed by atoms with Crippen molar-refractivity contribution >= 4 is 23.3 Å². The Balaban J connectivity index is 1.69. The first-order chi connectivity index (χ1) is 10.6. The van der Waals surface area contributed by atoms with Gasteiger partial charge in [-0.25, -0.2) is 4.79 Å². The molecule has 0 unspecified atom stereocenters. The van der Waals surface area contributed by atoms with Gasteiger partial charge in [0.05, 0.1) is 12.6 Å². The van der Waals surface area contributed by atoms with Gasteiger partial charge < -0.3 is 16.0 Å². The average Bonchev–Trinajstić information content (AvgIpc) is 3.03. The van der Waals surface area contributed by atoms with Gasteiger partial charge in [-0.05, 0) is 31.2 Å². The van der Waals surface area contributed by atoms with Gasteiger partial charge in [0.25, 0.3) is 0 Å². The van der Waals surface area contributed by atoms with Crippen LogP contribution in [0.5, 0.6) is 0 Å². The number of hydrogen-bond acceptors (Lipinski definition) is 4. The molecular formula is C15H24N4O2S. The molecule has 2 heterocycles. The van der Waals surface area contributed by atoms with E-state index in [2.05, 4.69) is 20.9 Å². The van der Waals surface area contributed by atoms with E-state index in [1.165, 1.54) is 0 Å². The van der Waals surface area contributed by atoms with Gasteiger partial charge in [0.15, 0.2) is 0 Å². The van der Waals surface area contributed by atoms with Gasteiger partial charge in [0.1, 0.15) is 0 Å². The second kappa shape index (κ2) is 8.14. The minimum Gasteiger partial charge on any atom is -0.358 e. The van der Waals surface area contributed by atoms with Gasteiger partial charge in [-0.3, -0.25) is 9.69 Å². The van der Waals surface area contributed by atoms with E-state index in [9.17, 15) is 9.59 Å². The molecule has 0 radical (unpaired) electrons. The number of amides is 3. The lowest BCUT2D eigenvalue weighted by molar-refractivity contribution is -0.122. The van der Waals surface area contributed by atoms with Crippen LogP contribution in [0, 0.1) is 0 Å². The zero-order valence-corrected chi connectivity index (χ0v) is 13.9. The minimum atomic E-state index is -0.120. The van der Waals surface area contributed by atoms with Crippen molar-refractivity contribution in [2.45, 2.75) is 31.8 Å². The zero-order valence-electron chi connectivity index (χ0n) is 13.1. The highest BCUT2D eigenvalue weighted by Crippen LogP contribution is 2.18. The van der Waals surface area contributed by atoms with Gasteiger partial charge in [-0.2, -0.15) is 0 Å². The lowest BCUT2D eigenvalue weighted by Crippen LogP contribution is -2.49. The van der Waals surface area contributed by atoms with Crippen LogP contribution >= 0.6 is 11.3 Å². The predicted octanol–water partition coefficient (Wildman–Crippen LogP) is 1.32. The summed E-state index contributed by atoms with van der Waals surface area (Å²) < 4.78 is 0. The fourth-order valence-corrected chi connectivity index (χ4v) is 3.28. The number of likely N-dealkylation sites (N-methyl/N-ethyl adjacent to an activating group) is 1. The van der Waals surface area contributed by atoms with Crippen LogP contribution in [-0.4, -0.2) is 49.6 Å². The molecule has 1 aliphatic rings. The first kappa shape index (κ1) is 16.8. The molecule has 0 aromatic carbocycles. The highest BCUT2D eigenvalue weighted by atomic mass is 32.1. The number of carbonyl (C=O) groups excluding carboxylic acids is 2. The number of urea groups is 1. The van der Waals surface area contributed by atoms with Crippen molar-refractivity contribution in [2.24, 2.45) is 0 Å². The van der Waals surface area contributed by atoms with E-state index in [-0.39, 0.29) is 24.0 Å². The molecule has 1 aromatic heterocycles. The largest absolute Gasteiger partial charge is 0.358 e. The predicted molar refractivity (Wildman–Crippen MR) is 87.9 cm³/mol. The van der Waals surface area contributed by atoms with Crippen LogP contribution in [0.4, 0.5) is 4.79 Å². The third-order valence-electron chi connectivity index (χ3n) is 3.89. The Kier molecular flexibility index (Phi) is 6.21. The molecule has 3 N–H and O–H groups in total. The number of hydrogen-bond donors (Lipinski definition) is 3. The average molecular weight is 324 g/mol. The summed E-state index contributed by atoms with van der Waals surface area (Å²) in [6, 6.07) is 4.08. The first-order valence-electron chi connectivity index (χ1n) is 7.62. The van der Waals surface area contributed by atoms with E-state index in [1.54, 1.807) is 18.4 Å².